The molecule has 0 aliphatic rings. The smallest absolute Gasteiger partial charge is 0.306 e. The van der Waals surface area contributed by atoms with Gasteiger partial charge in [0, 0.05) is 19.3 Å². The van der Waals surface area contributed by atoms with Crippen LogP contribution in [-0.2, 0) is 28.6 Å². The van der Waals surface area contributed by atoms with E-state index < -0.39 is 6.10 Å². The van der Waals surface area contributed by atoms with Crippen LogP contribution in [0, 0.1) is 0 Å². The lowest BCUT2D eigenvalue weighted by Gasteiger charge is -2.18. The molecule has 6 nitrogen and oxygen atoms in total. The van der Waals surface area contributed by atoms with Gasteiger partial charge in [-0.1, -0.05) is 260 Å². The summed E-state index contributed by atoms with van der Waals surface area (Å²) in [4.78, 5) is 38.0. The second-order valence-electron chi connectivity index (χ2n) is 19.9. The van der Waals surface area contributed by atoms with Crippen LogP contribution in [-0.4, -0.2) is 37.2 Å². The minimum atomic E-state index is -0.781. The summed E-state index contributed by atoms with van der Waals surface area (Å²) in [6.45, 7) is 6.49. The van der Waals surface area contributed by atoms with Crippen molar-refractivity contribution in [3.63, 3.8) is 0 Å². The third kappa shape index (κ3) is 57.4. The van der Waals surface area contributed by atoms with E-state index in [2.05, 4.69) is 106 Å². The Morgan fingerprint density at radius 1 is 0.296 bits per heavy atom. The number of esters is 3. The summed E-state index contributed by atoms with van der Waals surface area (Å²) in [6, 6.07) is 0. The molecular weight excluding hydrogens is 877 g/mol. The molecule has 0 bridgehead atoms. The summed E-state index contributed by atoms with van der Waals surface area (Å²) in [7, 11) is 0. The van der Waals surface area contributed by atoms with Crippen molar-refractivity contribution in [2.75, 3.05) is 13.2 Å². The molecule has 0 aromatic heterocycles. The molecule has 0 amide bonds. The van der Waals surface area contributed by atoms with E-state index in [0.29, 0.717) is 19.3 Å². The molecule has 0 aliphatic heterocycles. The van der Waals surface area contributed by atoms with Crippen LogP contribution < -0.4 is 0 Å². The number of unbranched alkanes of at least 4 members (excludes halogenated alkanes) is 29. The maximum atomic E-state index is 12.8. The number of ether oxygens (including phenoxy) is 3. The maximum Gasteiger partial charge on any atom is 0.306 e. The maximum absolute atomic E-state index is 12.8. The first-order chi connectivity index (χ1) is 35.0. The van der Waals surface area contributed by atoms with Crippen molar-refractivity contribution in [1.82, 2.24) is 0 Å². The zero-order chi connectivity index (χ0) is 51.4. The van der Waals surface area contributed by atoms with E-state index in [1.807, 2.05) is 0 Å². The van der Waals surface area contributed by atoms with E-state index in [-0.39, 0.29) is 31.1 Å². The molecule has 408 valence electrons. The summed E-state index contributed by atoms with van der Waals surface area (Å²) >= 11 is 0. The summed E-state index contributed by atoms with van der Waals surface area (Å²) in [5.74, 6) is -0.898. The van der Waals surface area contributed by atoms with Crippen molar-refractivity contribution in [2.24, 2.45) is 0 Å². The van der Waals surface area contributed by atoms with Crippen LogP contribution in [0.15, 0.2) is 85.1 Å². The Morgan fingerprint density at radius 2 is 0.549 bits per heavy atom. The van der Waals surface area contributed by atoms with Gasteiger partial charge in [0.15, 0.2) is 6.10 Å². The van der Waals surface area contributed by atoms with E-state index >= 15 is 0 Å². The molecule has 0 saturated heterocycles. The van der Waals surface area contributed by atoms with Crippen molar-refractivity contribution >= 4 is 17.9 Å². The minimum absolute atomic E-state index is 0.0808. The first kappa shape index (κ1) is 67.6. The quantitative estimate of drug-likeness (QED) is 0.0261. The van der Waals surface area contributed by atoms with E-state index in [9.17, 15) is 14.4 Å². The zero-order valence-corrected chi connectivity index (χ0v) is 46.7. The second kappa shape index (κ2) is 59.2. The van der Waals surface area contributed by atoms with Crippen molar-refractivity contribution in [2.45, 2.75) is 297 Å². The van der Waals surface area contributed by atoms with Gasteiger partial charge in [0.1, 0.15) is 13.2 Å². The molecule has 0 aromatic rings. The Balaban J connectivity index is 4.21. The van der Waals surface area contributed by atoms with Crippen LogP contribution in [0.4, 0.5) is 0 Å². The predicted octanol–water partition coefficient (Wildman–Crippen LogP) is 20.3. The Kier molecular flexibility index (Phi) is 56.3. The van der Waals surface area contributed by atoms with Gasteiger partial charge >= 0.3 is 17.9 Å². The number of carbonyl (C=O) groups is 3. The minimum Gasteiger partial charge on any atom is -0.462 e. The number of hydrogen-bond donors (Lipinski definition) is 0. The summed E-state index contributed by atoms with van der Waals surface area (Å²) in [5.41, 5.74) is 0. The summed E-state index contributed by atoms with van der Waals surface area (Å²) in [5, 5.41) is 0. The largest absolute Gasteiger partial charge is 0.462 e. The highest BCUT2D eigenvalue weighted by molar-refractivity contribution is 5.71. The van der Waals surface area contributed by atoms with Crippen molar-refractivity contribution in [3.8, 4) is 0 Å². The molecule has 0 aliphatic carbocycles. The first-order valence-corrected chi connectivity index (χ1v) is 30.1. The lowest BCUT2D eigenvalue weighted by molar-refractivity contribution is -0.167. The van der Waals surface area contributed by atoms with Gasteiger partial charge in [0.25, 0.3) is 0 Å². The molecule has 0 saturated carbocycles. The van der Waals surface area contributed by atoms with Gasteiger partial charge < -0.3 is 14.2 Å². The zero-order valence-electron chi connectivity index (χ0n) is 46.7. The lowest BCUT2D eigenvalue weighted by Crippen LogP contribution is -2.30. The first-order valence-electron chi connectivity index (χ1n) is 30.1. The molecule has 1 atom stereocenters. The van der Waals surface area contributed by atoms with Crippen LogP contribution >= 0.6 is 0 Å². The highest BCUT2D eigenvalue weighted by atomic mass is 16.6. The molecule has 6 heteroatoms. The van der Waals surface area contributed by atoms with Crippen LogP contribution in [0.2, 0.25) is 0 Å². The van der Waals surface area contributed by atoms with Crippen molar-refractivity contribution < 1.29 is 28.6 Å². The van der Waals surface area contributed by atoms with Crippen molar-refractivity contribution in [3.05, 3.63) is 85.1 Å². The fourth-order valence-electron chi connectivity index (χ4n) is 8.38. The number of allylic oxidation sites excluding steroid dienone is 14. The highest BCUT2D eigenvalue weighted by Crippen LogP contribution is 2.15. The van der Waals surface area contributed by atoms with Crippen LogP contribution in [0.1, 0.15) is 290 Å². The molecule has 0 heterocycles. The van der Waals surface area contributed by atoms with E-state index in [1.165, 1.54) is 141 Å². The van der Waals surface area contributed by atoms with Gasteiger partial charge in [-0.15, -0.1) is 0 Å². The van der Waals surface area contributed by atoms with E-state index in [4.69, 9.17) is 14.2 Å². The summed E-state index contributed by atoms with van der Waals surface area (Å²) < 4.78 is 16.8. The number of rotatable bonds is 54. The van der Waals surface area contributed by atoms with Gasteiger partial charge in [-0.05, 0) is 96.3 Å². The monoisotopic (exact) mass is 989 g/mol. The number of hydrogen-bond acceptors (Lipinski definition) is 6. The fourth-order valence-corrected chi connectivity index (χ4v) is 8.38. The highest BCUT2D eigenvalue weighted by Gasteiger charge is 2.19. The van der Waals surface area contributed by atoms with Crippen LogP contribution in [0.25, 0.3) is 0 Å². The van der Waals surface area contributed by atoms with Gasteiger partial charge in [-0.25, -0.2) is 0 Å². The average molecular weight is 990 g/mol. The van der Waals surface area contributed by atoms with Gasteiger partial charge in [-0.3, -0.25) is 14.4 Å². The summed E-state index contributed by atoms with van der Waals surface area (Å²) in [6.07, 6.45) is 77.4. The Hall–Kier alpha value is -3.41. The van der Waals surface area contributed by atoms with E-state index in [1.54, 1.807) is 0 Å². The molecule has 0 rings (SSSR count). The third-order valence-electron chi connectivity index (χ3n) is 12.9. The Morgan fingerprint density at radius 3 is 0.873 bits per heavy atom. The Bertz CT molecular complexity index is 1370. The van der Waals surface area contributed by atoms with Gasteiger partial charge in [0.05, 0.1) is 0 Å². The third-order valence-corrected chi connectivity index (χ3v) is 12.9. The standard InChI is InChI=1S/C65H112O6/c1-4-7-10-13-16-18-20-22-24-26-28-30-31-32-33-35-36-38-40-42-44-46-49-52-55-58-64(67)70-61-62(60-69-63(66)57-54-51-48-15-12-9-6-3)71-65(68)59-56-53-50-47-45-43-41-39-37-34-29-27-25-23-21-19-17-14-11-8-5-2/h7,10,16,18,22,24,27-30,32-33,36,38,62H,4-6,8-9,11-15,17,19-21,23,25-26,31,34-35,37,39-61H2,1-3H3/b10-7-,18-16-,24-22-,29-27-,30-28-,33-32-,38-36-. The average Bonchev–Trinajstić information content (AvgIpc) is 3.37. The molecule has 0 N–H and O–H groups in total. The lowest BCUT2D eigenvalue weighted by atomic mass is 10.1. The van der Waals surface area contributed by atoms with Crippen LogP contribution in [0.3, 0.4) is 0 Å². The van der Waals surface area contributed by atoms with Gasteiger partial charge in [-0.2, -0.15) is 0 Å². The number of carbonyl (C=O) groups excluding carboxylic acids is 3. The molecule has 1 unspecified atom stereocenters. The normalized spacial score (nSPS) is 12.7. The topological polar surface area (TPSA) is 78.9 Å². The molecule has 0 aromatic carbocycles. The SMILES string of the molecule is CC/C=C\C/C=C\C/C=C\C/C=C\C/C=C\C/C=C\CCCCCCCCC(=O)OCC(COC(=O)CCCCCCCCC)OC(=O)CCCCCCCCCCC/C=C\CCCCCCCCCC. The van der Waals surface area contributed by atoms with Crippen molar-refractivity contribution in [1.29, 1.82) is 0 Å². The molecule has 0 radical (unpaired) electrons. The predicted molar refractivity (Wildman–Crippen MR) is 307 cm³/mol. The molecular formula is C65H112O6. The van der Waals surface area contributed by atoms with Gasteiger partial charge in [0.2, 0.25) is 0 Å². The second-order valence-corrected chi connectivity index (χ2v) is 19.9. The van der Waals surface area contributed by atoms with Crippen LogP contribution in [0.5, 0.6) is 0 Å². The fraction of sp³-hybridized carbons (Fsp3) is 0.738. The molecule has 71 heavy (non-hydrogen) atoms. The molecule has 0 spiro atoms. The molecule has 0 fully saturated rings. The Labute approximate surface area is 439 Å². The van der Waals surface area contributed by atoms with E-state index in [0.717, 1.165) is 109 Å².